The van der Waals surface area contributed by atoms with E-state index in [1.807, 2.05) is 18.7 Å². The van der Waals surface area contributed by atoms with Crippen molar-refractivity contribution >= 4 is 11.8 Å². The molecule has 0 spiro atoms. The fourth-order valence-corrected chi connectivity index (χ4v) is 3.16. The molecule has 0 radical (unpaired) electrons. The summed E-state index contributed by atoms with van der Waals surface area (Å²) in [5.41, 5.74) is 1.47. The van der Waals surface area contributed by atoms with Gasteiger partial charge in [0, 0.05) is 37.4 Å². The normalized spacial score (nSPS) is 15.2. The lowest BCUT2D eigenvalue weighted by Gasteiger charge is -2.23. The molecule has 2 heterocycles. The fraction of sp³-hybridized carbons (Fsp3) is 0.611. The minimum atomic E-state index is -0.261. The van der Waals surface area contributed by atoms with E-state index < -0.39 is 0 Å². The number of amides is 2. The lowest BCUT2D eigenvalue weighted by atomic mass is 10.1. The average Bonchev–Trinajstić information content (AvgIpc) is 2.79. The van der Waals surface area contributed by atoms with Gasteiger partial charge in [0.25, 0.3) is 11.5 Å². The van der Waals surface area contributed by atoms with Crippen LogP contribution in [0.25, 0.3) is 0 Å². The Hall–Kier alpha value is -2.15. The summed E-state index contributed by atoms with van der Waals surface area (Å²) in [6, 6.07) is 1.44. The van der Waals surface area contributed by atoms with Gasteiger partial charge < -0.3 is 20.1 Å². The highest BCUT2D eigenvalue weighted by molar-refractivity contribution is 5.96. The van der Waals surface area contributed by atoms with Crippen LogP contribution in [-0.2, 0) is 11.3 Å². The van der Waals surface area contributed by atoms with Gasteiger partial charge >= 0.3 is 0 Å². The van der Waals surface area contributed by atoms with Crippen molar-refractivity contribution < 1.29 is 9.59 Å². The minimum absolute atomic E-state index is 0.000316. The molecule has 2 N–H and O–H groups in total. The third-order valence-electron chi connectivity index (χ3n) is 4.36. The Morgan fingerprint density at radius 3 is 2.64 bits per heavy atom. The van der Waals surface area contributed by atoms with Crippen molar-refractivity contribution in [3.8, 4) is 0 Å². The first-order chi connectivity index (χ1) is 11.8. The molecule has 1 aromatic rings. The Morgan fingerprint density at radius 2 is 1.96 bits per heavy atom. The van der Waals surface area contributed by atoms with Gasteiger partial charge in [0.15, 0.2) is 0 Å². The maximum atomic E-state index is 13.0. The Balaban J connectivity index is 2.34. The molecule has 25 heavy (non-hydrogen) atoms. The van der Waals surface area contributed by atoms with Crippen LogP contribution in [0.3, 0.4) is 0 Å². The van der Waals surface area contributed by atoms with Crippen LogP contribution in [0.5, 0.6) is 0 Å². The number of rotatable bonds is 4. The fourth-order valence-electron chi connectivity index (χ4n) is 3.16. The van der Waals surface area contributed by atoms with Crippen LogP contribution in [0, 0.1) is 13.8 Å². The number of nitrogens with one attached hydrogen (secondary N) is 2. The molecule has 0 unspecified atom stereocenters. The SMILES string of the molecule is Cc1cc(=O)n(CC(=O)NC(C)C)c(C)c1C(=O)N1CCCNCC1. The lowest BCUT2D eigenvalue weighted by molar-refractivity contribution is -0.122. The number of carbonyl (C=O) groups is 2. The van der Waals surface area contributed by atoms with Gasteiger partial charge in [0.1, 0.15) is 6.54 Å². The predicted molar refractivity (Wildman–Crippen MR) is 96.8 cm³/mol. The second-order valence-electron chi connectivity index (χ2n) is 6.83. The maximum Gasteiger partial charge on any atom is 0.255 e. The monoisotopic (exact) mass is 348 g/mol. The number of nitrogens with zero attached hydrogens (tertiary/aromatic N) is 2. The van der Waals surface area contributed by atoms with Gasteiger partial charge in [-0.05, 0) is 46.2 Å². The summed E-state index contributed by atoms with van der Waals surface area (Å²) in [6.07, 6.45) is 0.903. The van der Waals surface area contributed by atoms with E-state index in [0.717, 1.165) is 19.5 Å². The second kappa shape index (κ2) is 8.29. The average molecular weight is 348 g/mol. The van der Waals surface area contributed by atoms with E-state index in [-0.39, 0.29) is 30.0 Å². The third-order valence-corrected chi connectivity index (χ3v) is 4.36. The molecule has 0 atom stereocenters. The molecule has 1 aliphatic heterocycles. The van der Waals surface area contributed by atoms with Gasteiger partial charge in [-0.1, -0.05) is 0 Å². The zero-order valence-electron chi connectivity index (χ0n) is 15.5. The zero-order valence-corrected chi connectivity index (χ0v) is 15.5. The molecule has 2 amide bonds. The number of pyridine rings is 1. The molecule has 138 valence electrons. The summed E-state index contributed by atoms with van der Waals surface area (Å²) >= 11 is 0. The standard InChI is InChI=1S/C18H28N4O3/c1-12(2)20-15(23)11-22-14(4)17(13(3)10-16(22)24)18(25)21-8-5-6-19-7-9-21/h10,12,19H,5-9,11H2,1-4H3,(H,20,23). The van der Waals surface area contributed by atoms with Crippen molar-refractivity contribution in [1.29, 1.82) is 0 Å². The summed E-state index contributed by atoms with van der Waals surface area (Å²) in [7, 11) is 0. The number of hydrogen-bond donors (Lipinski definition) is 2. The van der Waals surface area contributed by atoms with Crippen molar-refractivity contribution in [2.45, 2.75) is 46.7 Å². The van der Waals surface area contributed by atoms with E-state index in [2.05, 4.69) is 10.6 Å². The highest BCUT2D eigenvalue weighted by Gasteiger charge is 2.23. The zero-order chi connectivity index (χ0) is 18.6. The Morgan fingerprint density at radius 1 is 1.24 bits per heavy atom. The van der Waals surface area contributed by atoms with Crippen LogP contribution in [0.15, 0.2) is 10.9 Å². The predicted octanol–water partition coefficient (Wildman–Crippen LogP) is 0.425. The summed E-state index contributed by atoms with van der Waals surface area (Å²) < 4.78 is 1.38. The molecule has 1 aromatic heterocycles. The number of hydrogen-bond acceptors (Lipinski definition) is 4. The molecular weight excluding hydrogens is 320 g/mol. The summed E-state index contributed by atoms with van der Waals surface area (Å²) in [5, 5.41) is 6.05. The molecule has 7 nitrogen and oxygen atoms in total. The van der Waals surface area contributed by atoms with Crippen molar-refractivity contribution in [1.82, 2.24) is 20.1 Å². The number of carbonyl (C=O) groups excluding carboxylic acids is 2. The summed E-state index contributed by atoms with van der Waals surface area (Å²) in [6.45, 7) is 10.2. The highest BCUT2D eigenvalue weighted by atomic mass is 16.2. The first-order valence-corrected chi connectivity index (χ1v) is 8.81. The third kappa shape index (κ3) is 4.69. The van der Waals surface area contributed by atoms with Gasteiger partial charge in [0.05, 0.1) is 5.56 Å². The first-order valence-electron chi connectivity index (χ1n) is 8.81. The van der Waals surface area contributed by atoms with E-state index in [9.17, 15) is 14.4 Å². The molecule has 0 aliphatic carbocycles. The Bertz CT molecular complexity index is 701. The molecule has 2 rings (SSSR count). The van der Waals surface area contributed by atoms with Crippen LogP contribution in [0.2, 0.25) is 0 Å². The van der Waals surface area contributed by atoms with Crippen LogP contribution < -0.4 is 16.2 Å². The van der Waals surface area contributed by atoms with Crippen LogP contribution in [-0.4, -0.2) is 53.5 Å². The largest absolute Gasteiger partial charge is 0.352 e. The van der Waals surface area contributed by atoms with Crippen LogP contribution in [0.4, 0.5) is 0 Å². The smallest absolute Gasteiger partial charge is 0.255 e. The molecular formula is C18H28N4O3. The Kier molecular flexibility index (Phi) is 6.36. The van der Waals surface area contributed by atoms with Crippen LogP contribution >= 0.6 is 0 Å². The van der Waals surface area contributed by atoms with Gasteiger partial charge in [-0.3, -0.25) is 14.4 Å². The van der Waals surface area contributed by atoms with E-state index in [1.165, 1.54) is 10.6 Å². The summed E-state index contributed by atoms with van der Waals surface area (Å²) in [4.78, 5) is 39.2. The molecule has 0 bridgehead atoms. The van der Waals surface area contributed by atoms with E-state index in [4.69, 9.17) is 0 Å². The molecule has 1 aliphatic rings. The topological polar surface area (TPSA) is 83.4 Å². The van der Waals surface area contributed by atoms with Crippen molar-refractivity contribution in [2.24, 2.45) is 0 Å². The van der Waals surface area contributed by atoms with E-state index >= 15 is 0 Å². The highest BCUT2D eigenvalue weighted by Crippen LogP contribution is 2.15. The van der Waals surface area contributed by atoms with Crippen molar-refractivity contribution in [3.63, 3.8) is 0 Å². The Labute approximate surface area is 148 Å². The van der Waals surface area contributed by atoms with Gasteiger partial charge in [-0.25, -0.2) is 0 Å². The lowest BCUT2D eigenvalue weighted by Crippen LogP contribution is -2.39. The van der Waals surface area contributed by atoms with Gasteiger partial charge in [-0.2, -0.15) is 0 Å². The van der Waals surface area contributed by atoms with Crippen LogP contribution in [0.1, 0.15) is 41.9 Å². The number of aromatic nitrogens is 1. The molecule has 1 saturated heterocycles. The number of aryl methyl sites for hydroxylation is 1. The molecule has 7 heteroatoms. The minimum Gasteiger partial charge on any atom is -0.352 e. The quantitative estimate of drug-likeness (QED) is 0.826. The van der Waals surface area contributed by atoms with Gasteiger partial charge in [-0.15, -0.1) is 0 Å². The molecule has 1 fully saturated rings. The second-order valence-corrected chi connectivity index (χ2v) is 6.83. The van der Waals surface area contributed by atoms with Gasteiger partial charge in [0.2, 0.25) is 5.91 Å². The van der Waals surface area contributed by atoms with E-state index in [0.29, 0.717) is 29.9 Å². The molecule has 0 aromatic carbocycles. The first kappa shape index (κ1) is 19.2. The van der Waals surface area contributed by atoms with Crippen molar-refractivity contribution in [2.75, 3.05) is 26.2 Å². The van der Waals surface area contributed by atoms with Crippen molar-refractivity contribution in [3.05, 3.63) is 33.2 Å². The maximum absolute atomic E-state index is 13.0. The summed E-state index contributed by atoms with van der Waals surface area (Å²) in [5.74, 6) is -0.307. The van der Waals surface area contributed by atoms with E-state index in [1.54, 1.807) is 13.8 Å². The molecule has 0 saturated carbocycles.